The molecule has 0 spiro atoms. The molecule has 3 atom stereocenters. The van der Waals surface area contributed by atoms with Gasteiger partial charge < -0.3 is 4.74 Å². The van der Waals surface area contributed by atoms with E-state index in [9.17, 15) is 4.79 Å². The van der Waals surface area contributed by atoms with Crippen LogP contribution in [0.1, 0.15) is 33.1 Å². The summed E-state index contributed by atoms with van der Waals surface area (Å²) in [7, 11) is 0. The number of hydrogen-bond donors (Lipinski definition) is 1. The molecule has 0 amide bonds. The molecule has 1 N–H and O–H groups in total. The summed E-state index contributed by atoms with van der Waals surface area (Å²) in [5.74, 6) is 0.858. The number of nitrogens with one attached hydrogen (secondary N) is 1. The van der Waals surface area contributed by atoms with Crippen molar-refractivity contribution in [3.05, 3.63) is 12.3 Å². The molecule has 5 nitrogen and oxygen atoms in total. The smallest absolute Gasteiger partial charge is 0.316 e. The number of fused-ring (bicyclic) bond motifs is 1. The van der Waals surface area contributed by atoms with E-state index < -0.39 is 0 Å². The van der Waals surface area contributed by atoms with Crippen molar-refractivity contribution >= 4 is 28.6 Å². The Morgan fingerprint density at radius 3 is 3.00 bits per heavy atom. The van der Waals surface area contributed by atoms with Gasteiger partial charge in [0.05, 0.1) is 17.2 Å². The number of esters is 1. The van der Waals surface area contributed by atoms with Crippen molar-refractivity contribution in [3.8, 4) is 0 Å². The maximum atomic E-state index is 11.9. The second-order valence-electron chi connectivity index (χ2n) is 5.92. The van der Waals surface area contributed by atoms with Gasteiger partial charge in [0.1, 0.15) is 6.10 Å². The third-order valence-electron chi connectivity index (χ3n) is 4.77. The van der Waals surface area contributed by atoms with Gasteiger partial charge in [0.15, 0.2) is 5.17 Å². The first kappa shape index (κ1) is 13.7. The molecule has 108 valence electrons. The quantitative estimate of drug-likeness (QED) is 0.811. The molecule has 1 aliphatic heterocycles. The van der Waals surface area contributed by atoms with E-state index in [0.29, 0.717) is 10.9 Å². The fraction of sp³-hybridized carbons (Fsp3) is 0.643. The lowest BCUT2D eigenvalue weighted by molar-refractivity contribution is -0.205. The molecule has 0 unspecified atom stereocenters. The van der Waals surface area contributed by atoms with Crippen LogP contribution in [0.4, 0.5) is 0 Å². The summed E-state index contributed by atoms with van der Waals surface area (Å²) < 4.78 is 5.56. The minimum Gasteiger partial charge on any atom is -0.461 e. The molecule has 2 aliphatic carbocycles. The van der Waals surface area contributed by atoms with Crippen LogP contribution in [-0.2, 0) is 9.53 Å². The molecular formula is C14H19N3O2S. The monoisotopic (exact) mass is 293 g/mol. The van der Waals surface area contributed by atoms with E-state index in [1.807, 2.05) is 6.92 Å². The van der Waals surface area contributed by atoms with E-state index in [4.69, 9.17) is 4.74 Å². The summed E-state index contributed by atoms with van der Waals surface area (Å²) in [6, 6.07) is 0. The maximum Gasteiger partial charge on any atom is 0.316 e. The van der Waals surface area contributed by atoms with Gasteiger partial charge in [-0.3, -0.25) is 10.2 Å². The Morgan fingerprint density at radius 2 is 2.45 bits per heavy atom. The highest BCUT2D eigenvalue weighted by atomic mass is 32.2. The second-order valence-corrected chi connectivity index (χ2v) is 6.88. The molecule has 20 heavy (non-hydrogen) atoms. The van der Waals surface area contributed by atoms with Gasteiger partial charge in [-0.05, 0) is 32.1 Å². The zero-order valence-corrected chi connectivity index (χ0v) is 12.6. The molecule has 0 aromatic carbocycles. The topological polar surface area (TPSA) is 63.0 Å². The lowest BCUT2D eigenvalue weighted by atomic mass is 9.47. The number of amidine groups is 1. The van der Waals surface area contributed by atoms with Crippen LogP contribution in [0, 0.1) is 11.3 Å². The van der Waals surface area contributed by atoms with E-state index in [-0.39, 0.29) is 23.2 Å². The Kier molecular flexibility index (Phi) is 3.36. The van der Waals surface area contributed by atoms with Gasteiger partial charge in [0, 0.05) is 5.41 Å². The number of rotatable bonds is 3. The molecule has 6 heteroatoms. The van der Waals surface area contributed by atoms with Crippen molar-refractivity contribution in [2.24, 2.45) is 21.4 Å². The number of carbonyl (C=O) groups is 1. The average Bonchev–Trinajstić information content (AvgIpc) is 2.43. The lowest BCUT2D eigenvalue weighted by Crippen LogP contribution is -2.59. The SMILES string of the molecule is C=C1N=C(SCC(=O)O[C@@H]2C[C@H]3CC[C@]32C)NN=C1C. The van der Waals surface area contributed by atoms with Gasteiger partial charge in [0.2, 0.25) is 0 Å². The maximum absolute atomic E-state index is 11.9. The highest BCUT2D eigenvalue weighted by molar-refractivity contribution is 8.14. The van der Waals surface area contributed by atoms with Crippen LogP contribution >= 0.6 is 11.8 Å². The molecule has 1 heterocycles. The number of carbonyl (C=O) groups excluding carboxylic acids is 1. The first-order valence-electron chi connectivity index (χ1n) is 6.89. The molecule has 3 aliphatic rings. The number of allylic oxidation sites excluding steroid dienone is 1. The van der Waals surface area contributed by atoms with Gasteiger partial charge in [-0.15, -0.1) is 0 Å². The standard InChI is InChI=1S/C14H19N3O2S/c1-8-9(2)16-17-13(15-8)20-7-12(18)19-11-6-10-4-5-14(10,11)3/h10-11H,1,4-7H2,2-3H3,(H,15,17)/t10-,11-,14-/m1/s1. The van der Waals surface area contributed by atoms with E-state index in [1.54, 1.807) is 0 Å². The largest absolute Gasteiger partial charge is 0.461 e. The zero-order valence-electron chi connectivity index (χ0n) is 11.8. The summed E-state index contributed by atoms with van der Waals surface area (Å²) in [6.07, 6.45) is 3.63. The molecule has 3 rings (SSSR count). The molecular weight excluding hydrogens is 274 g/mol. The summed E-state index contributed by atoms with van der Waals surface area (Å²) in [5, 5.41) is 4.66. The summed E-state index contributed by atoms with van der Waals surface area (Å²) >= 11 is 1.30. The molecule has 2 saturated carbocycles. The summed E-state index contributed by atoms with van der Waals surface area (Å²) in [5.41, 5.74) is 4.45. The Morgan fingerprint density at radius 1 is 1.65 bits per heavy atom. The Hall–Kier alpha value is -1.30. The Bertz CT molecular complexity index is 529. The van der Waals surface area contributed by atoms with Gasteiger partial charge in [-0.25, -0.2) is 4.99 Å². The normalized spacial score (nSPS) is 34.8. The van der Waals surface area contributed by atoms with Crippen LogP contribution in [0.5, 0.6) is 0 Å². The molecule has 0 radical (unpaired) electrons. The van der Waals surface area contributed by atoms with Crippen LogP contribution in [0.2, 0.25) is 0 Å². The van der Waals surface area contributed by atoms with E-state index in [2.05, 4.69) is 29.0 Å². The molecule has 0 saturated heterocycles. The molecule has 0 aromatic heterocycles. The van der Waals surface area contributed by atoms with Gasteiger partial charge in [0.25, 0.3) is 0 Å². The highest BCUT2D eigenvalue weighted by Gasteiger charge is 2.59. The predicted molar refractivity (Wildman–Crippen MR) is 80.6 cm³/mol. The highest BCUT2D eigenvalue weighted by Crippen LogP contribution is 2.61. The number of thioether (sulfide) groups is 1. The van der Waals surface area contributed by atoms with Crippen LogP contribution in [-0.4, -0.2) is 28.7 Å². The number of hydrogen-bond acceptors (Lipinski definition) is 6. The average molecular weight is 293 g/mol. The van der Waals surface area contributed by atoms with E-state index in [0.717, 1.165) is 18.1 Å². The third-order valence-corrected chi connectivity index (χ3v) is 5.61. The fourth-order valence-electron chi connectivity index (χ4n) is 2.97. The Labute approximate surface area is 122 Å². The number of hydrazone groups is 1. The van der Waals surface area contributed by atoms with Crippen molar-refractivity contribution < 1.29 is 9.53 Å². The van der Waals surface area contributed by atoms with Crippen LogP contribution in [0.3, 0.4) is 0 Å². The van der Waals surface area contributed by atoms with E-state index in [1.165, 1.54) is 24.6 Å². The van der Waals surface area contributed by atoms with Crippen molar-refractivity contribution in [1.82, 2.24) is 5.43 Å². The van der Waals surface area contributed by atoms with Crippen LogP contribution in [0.15, 0.2) is 22.4 Å². The number of aliphatic imine (C=N–C) groups is 1. The zero-order chi connectivity index (χ0) is 14.3. The van der Waals surface area contributed by atoms with Crippen molar-refractivity contribution in [2.75, 3.05) is 5.75 Å². The Balaban J connectivity index is 1.44. The first-order chi connectivity index (χ1) is 9.49. The van der Waals surface area contributed by atoms with Crippen LogP contribution < -0.4 is 5.43 Å². The minimum absolute atomic E-state index is 0.117. The lowest BCUT2D eigenvalue weighted by Gasteiger charge is -2.61. The molecule has 0 aromatic rings. The van der Waals surface area contributed by atoms with Crippen molar-refractivity contribution in [1.29, 1.82) is 0 Å². The third kappa shape index (κ3) is 2.26. The first-order valence-corrected chi connectivity index (χ1v) is 7.88. The van der Waals surface area contributed by atoms with Crippen molar-refractivity contribution in [2.45, 2.75) is 39.2 Å². The number of nitrogens with zero attached hydrogens (tertiary/aromatic N) is 2. The van der Waals surface area contributed by atoms with Gasteiger partial charge >= 0.3 is 5.97 Å². The van der Waals surface area contributed by atoms with Gasteiger partial charge in [-0.2, -0.15) is 5.10 Å². The van der Waals surface area contributed by atoms with Gasteiger partial charge in [-0.1, -0.05) is 25.3 Å². The number of ether oxygens (including phenoxy) is 1. The fourth-order valence-corrected chi connectivity index (χ4v) is 3.58. The minimum atomic E-state index is -0.173. The van der Waals surface area contributed by atoms with E-state index >= 15 is 0 Å². The summed E-state index contributed by atoms with van der Waals surface area (Å²) in [6.45, 7) is 7.85. The summed E-state index contributed by atoms with van der Waals surface area (Å²) in [4.78, 5) is 16.1. The second kappa shape index (κ2) is 4.91. The predicted octanol–water partition coefficient (Wildman–Crippen LogP) is 2.30. The molecule has 2 fully saturated rings. The van der Waals surface area contributed by atoms with Crippen molar-refractivity contribution in [3.63, 3.8) is 0 Å². The van der Waals surface area contributed by atoms with Crippen LogP contribution in [0.25, 0.3) is 0 Å². The molecule has 0 bridgehead atoms.